The molecule has 0 bridgehead atoms. The van der Waals surface area contributed by atoms with Crippen LogP contribution in [0.2, 0.25) is 0 Å². The Morgan fingerprint density at radius 2 is 2.38 bits per heavy atom. The second-order valence-corrected chi connectivity index (χ2v) is 4.88. The highest BCUT2D eigenvalue weighted by Gasteiger charge is 2.36. The summed E-state index contributed by atoms with van der Waals surface area (Å²) in [4.78, 5) is 11.8. The second kappa shape index (κ2) is 4.53. The maximum Gasteiger partial charge on any atom is 0.252 e. The Kier molecular flexibility index (Phi) is 3.28. The third-order valence-corrected chi connectivity index (χ3v) is 3.77. The summed E-state index contributed by atoms with van der Waals surface area (Å²) in [5.74, 6) is -0.0147. The van der Waals surface area contributed by atoms with Crippen molar-refractivity contribution in [2.45, 2.75) is 25.8 Å². The van der Waals surface area contributed by atoms with Crippen LogP contribution in [0, 0.1) is 11.7 Å². The largest absolute Gasteiger partial charge is 0.349 e. The van der Waals surface area contributed by atoms with Crippen molar-refractivity contribution in [1.82, 2.24) is 5.32 Å². The van der Waals surface area contributed by atoms with E-state index in [4.69, 9.17) is 0 Å². The fraction of sp³-hybridized carbons (Fsp3) is 0.417. The van der Waals surface area contributed by atoms with E-state index in [0.29, 0.717) is 11.5 Å². The van der Waals surface area contributed by atoms with Crippen molar-refractivity contribution in [1.29, 1.82) is 0 Å². The molecule has 2 atom stereocenters. The van der Waals surface area contributed by atoms with E-state index < -0.39 is 5.82 Å². The Balaban J connectivity index is 2.07. The topological polar surface area (TPSA) is 29.1 Å². The van der Waals surface area contributed by atoms with Crippen molar-refractivity contribution in [3.63, 3.8) is 0 Å². The van der Waals surface area contributed by atoms with Crippen LogP contribution >= 0.6 is 15.9 Å². The van der Waals surface area contributed by atoms with Crippen molar-refractivity contribution in [2.75, 3.05) is 0 Å². The van der Waals surface area contributed by atoms with Gasteiger partial charge in [0.1, 0.15) is 5.82 Å². The van der Waals surface area contributed by atoms with Crippen LogP contribution in [0.4, 0.5) is 4.39 Å². The smallest absolute Gasteiger partial charge is 0.252 e. The monoisotopic (exact) mass is 285 g/mol. The molecule has 0 saturated heterocycles. The van der Waals surface area contributed by atoms with E-state index in [2.05, 4.69) is 28.2 Å². The molecule has 1 aromatic carbocycles. The molecule has 0 radical (unpaired) electrons. The van der Waals surface area contributed by atoms with Gasteiger partial charge in [-0.05, 0) is 40.4 Å². The van der Waals surface area contributed by atoms with Crippen molar-refractivity contribution >= 4 is 21.8 Å². The van der Waals surface area contributed by atoms with Gasteiger partial charge in [0.2, 0.25) is 0 Å². The molecule has 1 N–H and O–H groups in total. The van der Waals surface area contributed by atoms with Crippen molar-refractivity contribution in [3.05, 3.63) is 34.1 Å². The minimum atomic E-state index is -0.407. The van der Waals surface area contributed by atoms with Gasteiger partial charge in [-0.25, -0.2) is 4.39 Å². The van der Waals surface area contributed by atoms with Crippen molar-refractivity contribution in [2.24, 2.45) is 5.92 Å². The molecular formula is C12H13BrFNO. The number of amides is 1. The zero-order valence-electron chi connectivity index (χ0n) is 8.97. The average molecular weight is 286 g/mol. The van der Waals surface area contributed by atoms with E-state index in [0.717, 1.165) is 12.8 Å². The zero-order chi connectivity index (χ0) is 11.7. The number of benzene rings is 1. The third kappa shape index (κ3) is 2.26. The quantitative estimate of drug-likeness (QED) is 0.908. The molecule has 1 aliphatic carbocycles. The summed E-state index contributed by atoms with van der Waals surface area (Å²) in [5, 5.41) is 2.90. The molecule has 0 aliphatic heterocycles. The van der Waals surface area contributed by atoms with Gasteiger partial charge in [-0.15, -0.1) is 0 Å². The highest BCUT2D eigenvalue weighted by molar-refractivity contribution is 9.10. The second-order valence-electron chi connectivity index (χ2n) is 4.09. The first kappa shape index (κ1) is 11.6. The van der Waals surface area contributed by atoms with E-state index >= 15 is 0 Å². The standard InChI is InChI=1S/C12H13BrFNO/c1-2-7-6-10(7)15-12(16)8-4-3-5-9(14)11(8)13/h3-5,7,10H,2,6H2,1H3,(H,15,16). The van der Waals surface area contributed by atoms with E-state index in [1.807, 2.05) is 0 Å². The molecule has 2 rings (SSSR count). The van der Waals surface area contributed by atoms with Crippen LogP contribution in [0.5, 0.6) is 0 Å². The maximum atomic E-state index is 13.2. The molecular weight excluding hydrogens is 273 g/mol. The molecule has 86 valence electrons. The predicted molar refractivity (Wildman–Crippen MR) is 63.8 cm³/mol. The van der Waals surface area contributed by atoms with Gasteiger partial charge in [0.25, 0.3) is 5.91 Å². The van der Waals surface area contributed by atoms with Crippen LogP contribution in [0.1, 0.15) is 30.1 Å². The Morgan fingerprint density at radius 1 is 1.62 bits per heavy atom. The van der Waals surface area contributed by atoms with Crippen LogP contribution in [-0.2, 0) is 0 Å². The van der Waals surface area contributed by atoms with Crippen LogP contribution in [-0.4, -0.2) is 11.9 Å². The molecule has 0 spiro atoms. The van der Waals surface area contributed by atoms with Crippen LogP contribution in [0.15, 0.2) is 22.7 Å². The predicted octanol–water partition coefficient (Wildman–Crippen LogP) is 3.12. The molecule has 4 heteroatoms. The van der Waals surface area contributed by atoms with Crippen LogP contribution in [0.3, 0.4) is 0 Å². The Morgan fingerprint density at radius 3 is 3.00 bits per heavy atom. The summed E-state index contributed by atoms with van der Waals surface area (Å²) in [6, 6.07) is 4.75. The van der Waals surface area contributed by atoms with Gasteiger partial charge in [-0.2, -0.15) is 0 Å². The number of rotatable bonds is 3. The Bertz CT molecular complexity index is 421. The van der Waals surface area contributed by atoms with E-state index in [1.165, 1.54) is 6.07 Å². The summed E-state index contributed by atoms with van der Waals surface area (Å²) in [6.45, 7) is 2.11. The van der Waals surface area contributed by atoms with Crippen LogP contribution < -0.4 is 5.32 Å². The molecule has 0 heterocycles. The van der Waals surface area contributed by atoms with Gasteiger partial charge >= 0.3 is 0 Å². The lowest BCUT2D eigenvalue weighted by molar-refractivity contribution is 0.0947. The number of hydrogen-bond acceptors (Lipinski definition) is 1. The maximum absolute atomic E-state index is 13.2. The van der Waals surface area contributed by atoms with E-state index in [9.17, 15) is 9.18 Å². The van der Waals surface area contributed by atoms with Gasteiger partial charge in [-0.1, -0.05) is 19.4 Å². The molecule has 1 amide bonds. The first-order chi connectivity index (χ1) is 7.63. The summed E-state index contributed by atoms with van der Waals surface area (Å²) < 4.78 is 13.4. The number of halogens is 2. The molecule has 16 heavy (non-hydrogen) atoms. The first-order valence-corrected chi connectivity index (χ1v) is 6.17. The van der Waals surface area contributed by atoms with Gasteiger partial charge in [0.05, 0.1) is 10.0 Å². The highest BCUT2D eigenvalue weighted by Crippen LogP contribution is 2.33. The van der Waals surface area contributed by atoms with Gasteiger partial charge in [-0.3, -0.25) is 4.79 Å². The fourth-order valence-electron chi connectivity index (χ4n) is 1.80. The number of hydrogen-bond donors (Lipinski definition) is 1. The summed E-state index contributed by atoms with van der Waals surface area (Å²) in [7, 11) is 0. The molecule has 1 aromatic rings. The SMILES string of the molecule is CCC1CC1NC(=O)c1cccc(F)c1Br. The fourth-order valence-corrected chi connectivity index (χ4v) is 2.25. The Labute approximate surface area is 102 Å². The molecule has 0 aromatic heterocycles. The summed E-state index contributed by atoms with van der Waals surface area (Å²) >= 11 is 3.09. The zero-order valence-corrected chi connectivity index (χ0v) is 10.6. The van der Waals surface area contributed by atoms with Crippen molar-refractivity contribution < 1.29 is 9.18 Å². The first-order valence-electron chi connectivity index (χ1n) is 5.38. The van der Waals surface area contributed by atoms with Gasteiger partial charge in [0, 0.05) is 6.04 Å². The van der Waals surface area contributed by atoms with Crippen LogP contribution in [0.25, 0.3) is 0 Å². The minimum Gasteiger partial charge on any atom is -0.349 e. The lowest BCUT2D eigenvalue weighted by Crippen LogP contribution is -2.27. The third-order valence-electron chi connectivity index (χ3n) is 2.96. The Hall–Kier alpha value is -0.900. The lowest BCUT2D eigenvalue weighted by atomic mass is 10.2. The van der Waals surface area contributed by atoms with Gasteiger partial charge in [0.15, 0.2) is 0 Å². The number of carbonyl (C=O) groups excluding carboxylic acids is 1. The number of carbonyl (C=O) groups is 1. The molecule has 2 nitrogen and oxygen atoms in total. The molecule has 2 unspecified atom stereocenters. The molecule has 1 aliphatic rings. The minimum absolute atomic E-state index is 0.202. The van der Waals surface area contributed by atoms with E-state index in [-0.39, 0.29) is 16.4 Å². The number of nitrogens with one attached hydrogen (secondary N) is 1. The van der Waals surface area contributed by atoms with E-state index in [1.54, 1.807) is 12.1 Å². The summed E-state index contributed by atoms with van der Waals surface area (Å²) in [5.41, 5.74) is 0.363. The highest BCUT2D eigenvalue weighted by atomic mass is 79.9. The lowest BCUT2D eigenvalue weighted by Gasteiger charge is -2.06. The average Bonchev–Trinajstić information content (AvgIpc) is 3.00. The van der Waals surface area contributed by atoms with Gasteiger partial charge < -0.3 is 5.32 Å². The summed E-state index contributed by atoms with van der Waals surface area (Å²) in [6.07, 6.45) is 2.12. The molecule has 1 saturated carbocycles. The van der Waals surface area contributed by atoms with Crippen molar-refractivity contribution in [3.8, 4) is 0 Å². The molecule has 1 fully saturated rings. The normalized spacial score (nSPS) is 22.9.